The van der Waals surface area contributed by atoms with Gasteiger partial charge >= 0.3 is 6.36 Å². The molecule has 1 aromatic heterocycles. The van der Waals surface area contributed by atoms with Gasteiger partial charge in [-0.2, -0.15) is 4.99 Å². The summed E-state index contributed by atoms with van der Waals surface area (Å²) in [5, 5.41) is 8.97. The monoisotopic (exact) mass is 672 g/mol. The fourth-order valence-electron chi connectivity index (χ4n) is 4.65. The molecule has 0 aliphatic carbocycles. The van der Waals surface area contributed by atoms with Crippen molar-refractivity contribution in [2.75, 3.05) is 17.2 Å². The van der Waals surface area contributed by atoms with E-state index in [1.807, 2.05) is 36.4 Å². The summed E-state index contributed by atoms with van der Waals surface area (Å²) in [6, 6.07) is 18.7. The molecule has 1 unspecified atom stereocenters. The summed E-state index contributed by atoms with van der Waals surface area (Å²) in [6.07, 6.45) is -3.26. The largest absolute Gasteiger partial charge is 0.573 e. The van der Waals surface area contributed by atoms with Crippen molar-refractivity contribution in [3.8, 4) is 22.8 Å². The van der Waals surface area contributed by atoms with Crippen molar-refractivity contribution in [1.82, 2.24) is 20.1 Å². The zero-order valence-electron chi connectivity index (χ0n) is 24.4. The Kier molecular flexibility index (Phi) is 9.80. The molecule has 1 fully saturated rings. The Hall–Kier alpha value is -3.94. The van der Waals surface area contributed by atoms with E-state index in [1.54, 1.807) is 11.0 Å². The lowest BCUT2D eigenvalue weighted by molar-refractivity contribution is -0.274. The van der Waals surface area contributed by atoms with Crippen molar-refractivity contribution in [3.05, 3.63) is 89.2 Å². The van der Waals surface area contributed by atoms with E-state index in [4.69, 9.17) is 23.8 Å². The van der Waals surface area contributed by atoms with Gasteiger partial charge < -0.3 is 10.1 Å². The van der Waals surface area contributed by atoms with Crippen LogP contribution in [-0.2, 0) is 4.79 Å². The summed E-state index contributed by atoms with van der Waals surface area (Å²) in [5.41, 5.74) is 4.08. The lowest BCUT2D eigenvalue weighted by Crippen LogP contribution is -2.32. The number of halogens is 4. The third-order valence-electron chi connectivity index (χ3n) is 6.94. The Balaban J connectivity index is 1.20. The van der Waals surface area contributed by atoms with Gasteiger partial charge in [-0.15, -0.1) is 18.3 Å². The number of amides is 1. The number of ether oxygens (including phenoxy) is 1. The van der Waals surface area contributed by atoms with Gasteiger partial charge in [0.25, 0.3) is 0 Å². The molecule has 5 rings (SSSR count). The summed E-state index contributed by atoms with van der Waals surface area (Å²) < 4.78 is 42.7. The van der Waals surface area contributed by atoms with E-state index < -0.39 is 6.36 Å². The van der Waals surface area contributed by atoms with Crippen LogP contribution in [0, 0.1) is 0 Å². The number of amidine groups is 1. The molecule has 0 radical (unpaired) electrons. The Morgan fingerprint density at radius 1 is 1.11 bits per heavy atom. The van der Waals surface area contributed by atoms with Crippen LogP contribution in [0.4, 0.5) is 18.9 Å². The number of nitrogens with one attached hydrogen (secondary N) is 1. The summed E-state index contributed by atoms with van der Waals surface area (Å²) in [4.78, 5) is 23.3. The number of aromatic nitrogens is 3. The number of carbonyl (C=O) groups is 1. The van der Waals surface area contributed by atoms with Gasteiger partial charge in [-0.1, -0.05) is 74.5 Å². The number of hydrogen-bond acceptors (Lipinski definition) is 6. The van der Waals surface area contributed by atoms with Gasteiger partial charge in [0.15, 0.2) is 16.1 Å². The molecule has 1 atom stereocenters. The number of thiocarbonyl (C=S) groups is 1. The molecule has 1 aliphatic heterocycles. The van der Waals surface area contributed by atoms with E-state index in [0.717, 1.165) is 22.4 Å². The van der Waals surface area contributed by atoms with E-state index in [-0.39, 0.29) is 34.4 Å². The molecule has 0 saturated carbocycles. The first kappa shape index (κ1) is 32.5. The number of hydrogen-bond donors (Lipinski definition) is 1. The Morgan fingerprint density at radius 3 is 2.49 bits per heavy atom. The fraction of sp³-hybridized carbons (Fsp3) is 0.258. The molecule has 1 saturated heterocycles. The lowest BCUT2D eigenvalue weighted by Gasteiger charge is -2.22. The zero-order valence-corrected chi connectivity index (χ0v) is 26.8. The van der Waals surface area contributed by atoms with Crippen molar-refractivity contribution < 1.29 is 22.7 Å². The van der Waals surface area contributed by atoms with Crippen LogP contribution in [0.3, 0.4) is 0 Å². The van der Waals surface area contributed by atoms with Crippen LogP contribution in [-0.4, -0.2) is 49.6 Å². The number of rotatable bonds is 8. The van der Waals surface area contributed by atoms with Gasteiger partial charge in [0.05, 0.1) is 17.1 Å². The number of anilines is 1. The van der Waals surface area contributed by atoms with Gasteiger partial charge in [-0.05, 0) is 71.6 Å². The fourth-order valence-corrected chi connectivity index (χ4v) is 5.91. The predicted octanol–water partition coefficient (Wildman–Crippen LogP) is 7.72. The number of alkyl halides is 3. The number of thioether (sulfide) groups is 1. The maximum atomic E-state index is 12.8. The predicted molar refractivity (Wildman–Crippen MR) is 175 cm³/mol. The summed E-state index contributed by atoms with van der Waals surface area (Å²) in [7, 11) is 0. The minimum atomic E-state index is -4.75. The highest BCUT2D eigenvalue weighted by molar-refractivity contribution is 8.15. The van der Waals surface area contributed by atoms with Crippen molar-refractivity contribution >= 4 is 57.5 Å². The molecule has 4 aromatic rings. The molecule has 1 amide bonds. The first-order valence-electron chi connectivity index (χ1n) is 13.9. The van der Waals surface area contributed by atoms with Crippen molar-refractivity contribution in [2.45, 2.75) is 39.0 Å². The maximum Gasteiger partial charge on any atom is 0.573 e. The van der Waals surface area contributed by atoms with E-state index in [2.05, 4.69) is 45.9 Å². The number of carbonyl (C=O) groups excluding carboxylic acids is 1. The van der Waals surface area contributed by atoms with E-state index in [0.29, 0.717) is 28.2 Å². The molecule has 14 heteroatoms. The van der Waals surface area contributed by atoms with Crippen LogP contribution in [0.5, 0.6) is 5.75 Å². The van der Waals surface area contributed by atoms with Gasteiger partial charge in [0.1, 0.15) is 12.1 Å². The average Bonchev–Trinajstić information content (AvgIpc) is 3.62. The van der Waals surface area contributed by atoms with Gasteiger partial charge in [0, 0.05) is 17.1 Å². The summed E-state index contributed by atoms with van der Waals surface area (Å²) >= 11 is 13.1. The third-order valence-corrected chi connectivity index (χ3v) is 8.34. The second-order valence-electron chi connectivity index (χ2n) is 10.5. The minimum absolute atomic E-state index is 0.0769. The Bertz CT molecular complexity index is 1730. The van der Waals surface area contributed by atoms with Crippen LogP contribution in [0.2, 0.25) is 5.02 Å². The van der Waals surface area contributed by atoms with Gasteiger partial charge in [-0.3, -0.25) is 9.69 Å². The second-order valence-corrected chi connectivity index (χ2v) is 12.3. The van der Waals surface area contributed by atoms with Crippen LogP contribution < -0.4 is 15.0 Å². The minimum Gasteiger partial charge on any atom is -0.406 e. The standard InChI is InChI=1S/C31H28ClF3N6O2S2/c1-18(2)25-13-8-22(32)14-26(25)41-27(42)16-45-30(41)38-29(44)36-15-19(3)20-4-6-21(7-5-20)28-37-17-40(39-28)23-9-11-24(12-10-23)43-31(33,34)35/h4-14,17-19H,15-16H2,1-3H3,(H,36,44). The number of benzene rings is 3. The van der Waals surface area contributed by atoms with Crippen LogP contribution in [0.1, 0.15) is 43.7 Å². The van der Waals surface area contributed by atoms with Gasteiger partial charge in [-0.25, -0.2) is 9.67 Å². The van der Waals surface area contributed by atoms with Crippen molar-refractivity contribution in [3.63, 3.8) is 0 Å². The first-order chi connectivity index (χ1) is 21.4. The van der Waals surface area contributed by atoms with E-state index in [1.165, 1.54) is 47.0 Å². The average molecular weight is 673 g/mol. The Labute approximate surface area is 272 Å². The molecule has 2 heterocycles. The van der Waals surface area contributed by atoms with Crippen LogP contribution in [0.25, 0.3) is 17.1 Å². The van der Waals surface area contributed by atoms with Crippen LogP contribution in [0.15, 0.2) is 78.0 Å². The molecule has 1 aliphatic rings. The molecule has 8 nitrogen and oxygen atoms in total. The maximum absolute atomic E-state index is 12.8. The molecule has 45 heavy (non-hydrogen) atoms. The summed E-state index contributed by atoms with van der Waals surface area (Å²) in [6.45, 7) is 6.69. The molecule has 0 spiro atoms. The third kappa shape index (κ3) is 8.02. The topological polar surface area (TPSA) is 84.6 Å². The molecule has 0 bridgehead atoms. The number of nitrogens with zero attached hydrogens (tertiary/aromatic N) is 5. The van der Waals surface area contributed by atoms with Crippen LogP contribution >= 0.6 is 35.6 Å². The molecule has 234 valence electrons. The molecule has 3 aromatic carbocycles. The first-order valence-corrected chi connectivity index (χ1v) is 15.6. The second kappa shape index (κ2) is 13.6. The highest BCUT2D eigenvalue weighted by Gasteiger charge is 2.32. The van der Waals surface area contributed by atoms with Gasteiger partial charge in [0.2, 0.25) is 5.91 Å². The van der Waals surface area contributed by atoms with E-state index in [9.17, 15) is 18.0 Å². The molecular formula is C31H28ClF3N6O2S2. The molecular weight excluding hydrogens is 645 g/mol. The highest BCUT2D eigenvalue weighted by Crippen LogP contribution is 2.35. The highest BCUT2D eigenvalue weighted by atomic mass is 35.5. The summed E-state index contributed by atoms with van der Waals surface area (Å²) in [5.74, 6) is 0.606. The number of aliphatic imine (C=N–C) groups is 1. The Morgan fingerprint density at radius 2 is 1.82 bits per heavy atom. The van der Waals surface area contributed by atoms with Crippen molar-refractivity contribution in [2.24, 2.45) is 4.99 Å². The lowest BCUT2D eigenvalue weighted by atomic mass is 10.00. The zero-order chi connectivity index (χ0) is 32.3. The smallest absolute Gasteiger partial charge is 0.406 e. The molecule has 1 N–H and O–H groups in total. The van der Waals surface area contributed by atoms with Crippen molar-refractivity contribution in [1.29, 1.82) is 0 Å². The van der Waals surface area contributed by atoms with E-state index >= 15 is 0 Å². The normalized spacial score (nSPS) is 15.2. The quantitative estimate of drug-likeness (QED) is 0.192. The SMILES string of the molecule is CC(C)c1ccc(Cl)cc1N1C(=O)CSC1=NC(=S)NCC(C)c1ccc(-c2ncn(-c3ccc(OC(F)(F)F)cc3)n2)cc1.